The Morgan fingerprint density at radius 2 is 2.19 bits per heavy atom. The average Bonchev–Trinajstić information content (AvgIpc) is 2.46. The van der Waals surface area contributed by atoms with Gasteiger partial charge in [-0.2, -0.15) is 0 Å². The Balaban J connectivity index is 1.99. The van der Waals surface area contributed by atoms with Gasteiger partial charge in [-0.25, -0.2) is 13.1 Å². The first-order chi connectivity index (χ1) is 9.98. The molecule has 1 saturated heterocycles. The fourth-order valence-corrected chi connectivity index (χ4v) is 3.81. The number of nitrogens with one attached hydrogen (secondary N) is 1. The standard InChI is InChI=1S/C14H20N2O3S2/c15-14(20)13-6-2-1-5-12(13)10-21(17,18)16-8-11-4-3-7-19-9-11/h1-2,5-6,11,16H,3-4,7-10H2,(H2,15,20). The highest BCUT2D eigenvalue weighted by Gasteiger charge is 2.19. The first-order valence-electron chi connectivity index (χ1n) is 6.91. The van der Waals surface area contributed by atoms with Crippen LogP contribution in [0.5, 0.6) is 0 Å². The number of thiocarbonyl (C=S) groups is 1. The molecule has 0 saturated carbocycles. The number of ether oxygens (including phenoxy) is 1. The molecule has 1 fully saturated rings. The number of nitrogens with two attached hydrogens (primary N) is 1. The lowest BCUT2D eigenvalue weighted by Gasteiger charge is -2.22. The monoisotopic (exact) mass is 328 g/mol. The van der Waals surface area contributed by atoms with Gasteiger partial charge in [-0.3, -0.25) is 0 Å². The fourth-order valence-electron chi connectivity index (χ4n) is 2.36. The molecule has 5 nitrogen and oxygen atoms in total. The van der Waals surface area contributed by atoms with E-state index in [1.165, 1.54) is 0 Å². The van der Waals surface area contributed by atoms with Crippen LogP contribution in [0.2, 0.25) is 0 Å². The zero-order valence-electron chi connectivity index (χ0n) is 11.7. The van der Waals surface area contributed by atoms with Crippen LogP contribution in [0.15, 0.2) is 24.3 Å². The lowest BCUT2D eigenvalue weighted by Crippen LogP contribution is -2.34. The van der Waals surface area contributed by atoms with Gasteiger partial charge in [0.15, 0.2) is 0 Å². The summed E-state index contributed by atoms with van der Waals surface area (Å²) in [5, 5.41) is 0. The Kier molecular flexibility index (Phi) is 5.69. The third kappa shape index (κ3) is 5.03. The minimum atomic E-state index is -3.41. The van der Waals surface area contributed by atoms with Crippen LogP contribution in [0, 0.1) is 5.92 Å². The van der Waals surface area contributed by atoms with E-state index >= 15 is 0 Å². The van der Waals surface area contributed by atoms with E-state index in [4.69, 9.17) is 22.7 Å². The van der Waals surface area contributed by atoms with E-state index in [-0.39, 0.29) is 16.7 Å². The van der Waals surface area contributed by atoms with Gasteiger partial charge in [0, 0.05) is 18.7 Å². The number of rotatable bonds is 6. The first-order valence-corrected chi connectivity index (χ1v) is 8.97. The van der Waals surface area contributed by atoms with E-state index in [1.54, 1.807) is 24.3 Å². The number of hydrogen-bond acceptors (Lipinski definition) is 4. The highest BCUT2D eigenvalue weighted by molar-refractivity contribution is 7.88. The summed E-state index contributed by atoms with van der Waals surface area (Å²) in [7, 11) is -3.41. The molecule has 3 N–H and O–H groups in total. The Hall–Kier alpha value is -1.02. The summed E-state index contributed by atoms with van der Waals surface area (Å²) in [5.41, 5.74) is 6.86. The molecule has 1 aromatic rings. The van der Waals surface area contributed by atoms with Gasteiger partial charge in [0.1, 0.15) is 4.99 Å². The molecule has 1 heterocycles. The van der Waals surface area contributed by atoms with Gasteiger partial charge in [0.2, 0.25) is 10.0 Å². The van der Waals surface area contributed by atoms with E-state index in [9.17, 15) is 8.42 Å². The van der Waals surface area contributed by atoms with Gasteiger partial charge in [0.05, 0.1) is 12.4 Å². The highest BCUT2D eigenvalue weighted by atomic mass is 32.2. The molecule has 116 valence electrons. The van der Waals surface area contributed by atoms with E-state index in [0.717, 1.165) is 19.4 Å². The minimum absolute atomic E-state index is 0.117. The molecule has 0 radical (unpaired) electrons. The summed E-state index contributed by atoms with van der Waals surface area (Å²) in [6.07, 6.45) is 1.97. The number of benzene rings is 1. The minimum Gasteiger partial charge on any atom is -0.389 e. The fraction of sp³-hybridized carbons (Fsp3) is 0.500. The van der Waals surface area contributed by atoms with Crippen molar-refractivity contribution < 1.29 is 13.2 Å². The van der Waals surface area contributed by atoms with Gasteiger partial charge in [0.25, 0.3) is 0 Å². The number of sulfonamides is 1. The molecule has 0 aliphatic carbocycles. The van der Waals surface area contributed by atoms with Crippen LogP contribution in [0.1, 0.15) is 24.0 Å². The van der Waals surface area contributed by atoms with Crippen LogP contribution in [0.25, 0.3) is 0 Å². The zero-order valence-corrected chi connectivity index (χ0v) is 13.4. The van der Waals surface area contributed by atoms with E-state index < -0.39 is 10.0 Å². The van der Waals surface area contributed by atoms with Gasteiger partial charge in [-0.1, -0.05) is 36.5 Å². The van der Waals surface area contributed by atoms with Crippen LogP contribution in [0.3, 0.4) is 0 Å². The van der Waals surface area contributed by atoms with Crippen molar-refractivity contribution in [1.82, 2.24) is 4.72 Å². The second kappa shape index (κ2) is 7.31. The largest absolute Gasteiger partial charge is 0.389 e. The topological polar surface area (TPSA) is 81.4 Å². The maximum atomic E-state index is 12.2. The second-order valence-corrected chi connectivity index (χ2v) is 7.46. The highest BCUT2D eigenvalue weighted by Crippen LogP contribution is 2.15. The van der Waals surface area contributed by atoms with E-state index in [2.05, 4.69) is 4.72 Å². The molecule has 1 aliphatic rings. The Morgan fingerprint density at radius 3 is 2.86 bits per heavy atom. The van der Waals surface area contributed by atoms with E-state index in [1.807, 2.05) is 0 Å². The summed E-state index contributed by atoms with van der Waals surface area (Å²) in [6, 6.07) is 7.04. The van der Waals surface area contributed by atoms with E-state index in [0.29, 0.717) is 24.3 Å². The predicted octanol–water partition coefficient (Wildman–Crippen LogP) is 1.17. The third-order valence-electron chi connectivity index (χ3n) is 3.47. The lowest BCUT2D eigenvalue weighted by atomic mass is 10.0. The third-order valence-corrected chi connectivity index (χ3v) is 4.99. The van der Waals surface area contributed by atoms with Gasteiger partial charge in [-0.05, 0) is 24.3 Å². The Morgan fingerprint density at radius 1 is 1.43 bits per heavy atom. The van der Waals surface area contributed by atoms with Gasteiger partial charge < -0.3 is 10.5 Å². The van der Waals surface area contributed by atoms with Crippen molar-refractivity contribution in [2.75, 3.05) is 19.8 Å². The normalized spacial score (nSPS) is 19.3. The average molecular weight is 328 g/mol. The predicted molar refractivity (Wildman–Crippen MR) is 86.5 cm³/mol. The molecule has 7 heteroatoms. The molecule has 0 spiro atoms. The molecule has 0 aromatic heterocycles. The Labute approximate surface area is 130 Å². The lowest BCUT2D eigenvalue weighted by molar-refractivity contribution is 0.0568. The molecule has 0 amide bonds. The smallest absolute Gasteiger partial charge is 0.215 e. The maximum absolute atomic E-state index is 12.2. The van der Waals surface area contributed by atoms with Crippen LogP contribution >= 0.6 is 12.2 Å². The van der Waals surface area contributed by atoms with Crippen molar-refractivity contribution in [2.45, 2.75) is 18.6 Å². The van der Waals surface area contributed by atoms with Crippen molar-refractivity contribution in [3.63, 3.8) is 0 Å². The summed E-state index contributed by atoms with van der Waals surface area (Å²) in [5.74, 6) is 0.132. The quantitative estimate of drug-likeness (QED) is 0.766. The van der Waals surface area contributed by atoms with Crippen molar-refractivity contribution in [2.24, 2.45) is 11.7 Å². The molecule has 1 aromatic carbocycles. The van der Waals surface area contributed by atoms with Crippen LogP contribution in [0.4, 0.5) is 0 Å². The van der Waals surface area contributed by atoms with Crippen molar-refractivity contribution in [3.8, 4) is 0 Å². The Bertz CT molecular complexity index is 596. The van der Waals surface area contributed by atoms with Gasteiger partial charge in [-0.15, -0.1) is 0 Å². The molecule has 21 heavy (non-hydrogen) atoms. The van der Waals surface area contributed by atoms with Crippen molar-refractivity contribution >= 4 is 27.2 Å². The molecule has 1 aliphatic heterocycles. The summed E-state index contributed by atoms with van der Waals surface area (Å²) < 4.78 is 32.4. The summed E-state index contributed by atoms with van der Waals surface area (Å²) in [6.45, 7) is 1.80. The van der Waals surface area contributed by atoms with Crippen molar-refractivity contribution in [3.05, 3.63) is 35.4 Å². The molecule has 0 bridgehead atoms. The summed E-state index contributed by atoms with van der Waals surface area (Å²) >= 11 is 4.95. The molecule has 2 rings (SSSR count). The van der Waals surface area contributed by atoms with Crippen molar-refractivity contribution in [1.29, 1.82) is 0 Å². The SMILES string of the molecule is NC(=S)c1ccccc1CS(=O)(=O)NCC1CCCOC1. The van der Waals surface area contributed by atoms with Crippen LogP contribution in [-0.2, 0) is 20.5 Å². The number of hydrogen-bond donors (Lipinski definition) is 2. The maximum Gasteiger partial charge on any atom is 0.215 e. The molecular formula is C14H20N2O3S2. The van der Waals surface area contributed by atoms with Crippen LogP contribution < -0.4 is 10.5 Å². The second-order valence-electron chi connectivity index (χ2n) is 5.21. The molecular weight excluding hydrogens is 308 g/mol. The van der Waals surface area contributed by atoms with Gasteiger partial charge >= 0.3 is 0 Å². The first kappa shape index (κ1) is 16.4. The summed E-state index contributed by atoms with van der Waals surface area (Å²) in [4.78, 5) is 0.210. The molecule has 1 unspecified atom stereocenters. The zero-order chi connectivity index (χ0) is 15.3. The molecule has 1 atom stereocenters. The van der Waals surface area contributed by atoms with Crippen LogP contribution in [-0.4, -0.2) is 33.2 Å².